The topological polar surface area (TPSA) is 38.3 Å². The molecule has 3 heteroatoms. The molecule has 92 valence electrons. The van der Waals surface area contributed by atoms with Crippen LogP contribution in [0.25, 0.3) is 0 Å². The van der Waals surface area contributed by atoms with Crippen LogP contribution < -0.4 is 5.32 Å². The number of hydrogen-bond acceptors (Lipinski definition) is 3. The zero-order valence-electron chi connectivity index (χ0n) is 10.8. The van der Waals surface area contributed by atoms with Crippen LogP contribution in [0, 0.1) is 20.8 Å². The normalized spacial score (nSPS) is 12.9. The van der Waals surface area contributed by atoms with Gasteiger partial charge in [-0.2, -0.15) is 0 Å². The van der Waals surface area contributed by atoms with Crippen molar-refractivity contribution in [3.05, 3.63) is 46.8 Å². The monoisotopic (exact) mass is 233 g/mol. The molecule has 0 fully saturated rings. The van der Waals surface area contributed by atoms with Crippen LogP contribution in [0.15, 0.2) is 27.0 Å². The van der Waals surface area contributed by atoms with Gasteiger partial charge < -0.3 is 14.2 Å². The first-order valence-electron chi connectivity index (χ1n) is 5.98. The lowest BCUT2D eigenvalue weighted by atomic mass is 10.1. The van der Waals surface area contributed by atoms with Gasteiger partial charge in [0.2, 0.25) is 0 Å². The molecule has 2 heterocycles. The number of nitrogens with one attached hydrogen (secondary N) is 1. The second-order valence-electron chi connectivity index (χ2n) is 4.31. The third kappa shape index (κ3) is 2.44. The summed E-state index contributed by atoms with van der Waals surface area (Å²) in [6.07, 6.45) is 0. The maximum Gasteiger partial charge on any atom is 0.125 e. The van der Waals surface area contributed by atoms with E-state index in [-0.39, 0.29) is 6.04 Å². The minimum atomic E-state index is 0.0751. The van der Waals surface area contributed by atoms with E-state index in [9.17, 15) is 0 Å². The molecule has 3 nitrogen and oxygen atoms in total. The van der Waals surface area contributed by atoms with Crippen LogP contribution in [-0.2, 0) is 0 Å². The van der Waals surface area contributed by atoms with Gasteiger partial charge in [-0.25, -0.2) is 0 Å². The maximum absolute atomic E-state index is 5.71. The summed E-state index contributed by atoms with van der Waals surface area (Å²) >= 11 is 0. The van der Waals surface area contributed by atoms with Gasteiger partial charge in [-0.3, -0.25) is 0 Å². The van der Waals surface area contributed by atoms with E-state index >= 15 is 0 Å². The smallest absolute Gasteiger partial charge is 0.125 e. The third-order valence-corrected chi connectivity index (χ3v) is 2.84. The average molecular weight is 233 g/mol. The predicted octanol–water partition coefficient (Wildman–Crippen LogP) is 3.50. The summed E-state index contributed by atoms with van der Waals surface area (Å²) in [4.78, 5) is 0. The summed E-state index contributed by atoms with van der Waals surface area (Å²) in [6, 6.07) is 6.15. The zero-order valence-corrected chi connectivity index (χ0v) is 10.8. The summed E-state index contributed by atoms with van der Waals surface area (Å²) in [5.41, 5.74) is 1.15. The van der Waals surface area contributed by atoms with Crippen molar-refractivity contribution in [1.82, 2.24) is 5.32 Å². The highest BCUT2D eigenvalue weighted by Crippen LogP contribution is 2.28. The number of rotatable bonds is 4. The Balaban J connectivity index is 2.38. The molecule has 1 atom stereocenters. The van der Waals surface area contributed by atoms with Crippen molar-refractivity contribution in [3.63, 3.8) is 0 Å². The second kappa shape index (κ2) is 4.80. The van der Waals surface area contributed by atoms with E-state index in [0.29, 0.717) is 0 Å². The Bertz CT molecular complexity index is 496. The van der Waals surface area contributed by atoms with Gasteiger partial charge in [0.1, 0.15) is 23.0 Å². The third-order valence-electron chi connectivity index (χ3n) is 2.84. The molecule has 0 amide bonds. The van der Waals surface area contributed by atoms with E-state index in [4.69, 9.17) is 8.83 Å². The van der Waals surface area contributed by atoms with Crippen LogP contribution in [0.4, 0.5) is 0 Å². The van der Waals surface area contributed by atoms with Crippen molar-refractivity contribution < 1.29 is 8.83 Å². The van der Waals surface area contributed by atoms with Gasteiger partial charge in [-0.1, -0.05) is 6.92 Å². The minimum absolute atomic E-state index is 0.0751. The molecule has 1 N–H and O–H groups in total. The van der Waals surface area contributed by atoms with Crippen LogP contribution >= 0.6 is 0 Å². The molecule has 0 saturated heterocycles. The van der Waals surface area contributed by atoms with Gasteiger partial charge in [0, 0.05) is 5.56 Å². The van der Waals surface area contributed by atoms with Crippen molar-refractivity contribution in [1.29, 1.82) is 0 Å². The van der Waals surface area contributed by atoms with Gasteiger partial charge in [-0.05, 0) is 45.5 Å². The van der Waals surface area contributed by atoms with Gasteiger partial charge in [0.25, 0.3) is 0 Å². The molecule has 0 aromatic carbocycles. The molecule has 1 unspecified atom stereocenters. The molecular formula is C14H19NO2. The van der Waals surface area contributed by atoms with Gasteiger partial charge >= 0.3 is 0 Å². The van der Waals surface area contributed by atoms with E-state index in [1.807, 2.05) is 32.9 Å². The Morgan fingerprint density at radius 2 is 1.88 bits per heavy atom. The van der Waals surface area contributed by atoms with Gasteiger partial charge in [0.05, 0.1) is 6.04 Å². The summed E-state index contributed by atoms with van der Waals surface area (Å²) in [5.74, 6) is 3.75. The largest absolute Gasteiger partial charge is 0.466 e. The van der Waals surface area contributed by atoms with Crippen LogP contribution in [0.3, 0.4) is 0 Å². The lowest BCUT2D eigenvalue weighted by Crippen LogP contribution is -2.21. The van der Waals surface area contributed by atoms with E-state index in [0.717, 1.165) is 35.1 Å². The number of hydrogen-bond donors (Lipinski definition) is 1. The fraction of sp³-hybridized carbons (Fsp3) is 0.429. The van der Waals surface area contributed by atoms with E-state index < -0.39 is 0 Å². The highest BCUT2D eigenvalue weighted by molar-refractivity contribution is 5.30. The maximum atomic E-state index is 5.71. The SMILES string of the molecule is CCNC(c1ccc(C)o1)c1cc(C)oc1C. The van der Waals surface area contributed by atoms with E-state index in [1.54, 1.807) is 0 Å². The van der Waals surface area contributed by atoms with Crippen molar-refractivity contribution in [3.8, 4) is 0 Å². The summed E-state index contributed by atoms with van der Waals surface area (Å²) in [7, 11) is 0. The summed E-state index contributed by atoms with van der Waals surface area (Å²) in [6.45, 7) is 8.88. The quantitative estimate of drug-likeness (QED) is 0.878. The molecule has 0 bridgehead atoms. The summed E-state index contributed by atoms with van der Waals surface area (Å²) < 4.78 is 11.3. The molecule has 0 saturated carbocycles. The van der Waals surface area contributed by atoms with Gasteiger partial charge in [0.15, 0.2) is 0 Å². The molecule has 0 spiro atoms. The van der Waals surface area contributed by atoms with Crippen molar-refractivity contribution in [2.75, 3.05) is 6.54 Å². The van der Waals surface area contributed by atoms with Crippen LogP contribution in [0.5, 0.6) is 0 Å². The first-order chi connectivity index (χ1) is 8.11. The lowest BCUT2D eigenvalue weighted by molar-refractivity contribution is 0.428. The molecule has 0 aliphatic carbocycles. The van der Waals surface area contributed by atoms with Gasteiger partial charge in [-0.15, -0.1) is 0 Å². The Kier molecular flexibility index (Phi) is 3.38. The molecule has 2 aromatic rings. The molecule has 0 radical (unpaired) electrons. The molecule has 0 aliphatic heterocycles. The molecule has 2 aromatic heterocycles. The van der Waals surface area contributed by atoms with Crippen molar-refractivity contribution in [2.24, 2.45) is 0 Å². The predicted molar refractivity (Wildman–Crippen MR) is 67.1 cm³/mol. The molecule has 2 rings (SSSR count). The molecular weight excluding hydrogens is 214 g/mol. The highest BCUT2D eigenvalue weighted by Gasteiger charge is 2.20. The van der Waals surface area contributed by atoms with Crippen LogP contribution in [0.2, 0.25) is 0 Å². The number of aryl methyl sites for hydroxylation is 3. The Labute approximate surface area is 102 Å². The molecule has 0 aliphatic rings. The molecule has 17 heavy (non-hydrogen) atoms. The van der Waals surface area contributed by atoms with E-state index in [2.05, 4.69) is 18.3 Å². The van der Waals surface area contributed by atoms with Crippen molar-refractivity contribution in [2.45, 2.75) is 33.7 Å². The Morgan fingerprint density at radius 3 is 2.35 bits per heavy atom. The summed E-state index contributed by atoms with van der Waals surface area (Å²) in [5, 5.41) is 3.43. The standard InChI is InChI=1S/C14H19NO2/c1-5-15-14(13-7-6-9(2)17-13)12-8-10(3)16-11(12)4/h6-8,14-15H,5H2,1-4H3. The minimum Gasteiger partial charge on any atom is -0.466 e. The first kappa shape index (κ1) is 12.0. The zero-order chi connectivity index (χ0) is 12.4. The Hall–Kier alpha value is -1.48. The average Bonchev–Trinajstić information content (AvgIpc) is 2.82. The first-order valence-corrected chi connectivity index (χ1v) is 5.98. The lowest BCUT2D eigenvalue weighted by Gasteiger charge is -2.14. The van der Waals surface area contributed by atoms with Crippen LogP contribution in [-0.4, -0.2) is 6.54 Å². The Morgan fingerprint density at radius 1 is 1.12 bits per heavy atom. The second-order valence-corrected chi connectivity index (χ2v) is 4.31. The fourth-order valence-electron chi connectivity index (χ4n) is 2.11. The van der Waals surface area contributed by atoms with Crippen molar-refractivity contribution >= 4 is 0 Å². The fourth-order valence-corrected chi connectivity index (χ4v) is 2.11. The number of furan rings is 2. The van der Waals surface area contributed by atoms with Crippen LogP contribution in [0.1, 0.15) is 41.6 Å². The highest BCUT2D eigenvalue weighted by atomic mass is 16.3. The van der Waals surface area contributed by atoms with E-state index in [1.165, 1.54) is 0 Å².